The topological polar surface area (TPSA) is 29.9 Å². The SMILES string of the molecule is Cc1ccc2c(n1)oc1c(-c3ccc(-c4ccccc4)c[n+]3C)cccc12. The van der Waals surface area contributed by atoms with Gasteiger partial charge in [0.25, 0.3) is 0 Å². The molecule has 5 rings (SSSR count). The van der Waals surface area contributed by atoms with Crippen LogP contribution in [0.2, 0.25) is 0 Å². The molecular weight excluding hydrogens is 332 g/mol. The molecule has 3 heteroatoms. The summed E-state index contributed by atoms with van der Waals surface area (Å²) in [6.07, 6.45) is 2.16. The summed E-state index contributed by atoms with van der Waals surface area (Å²) in [5.74, 6) is 0. The highest BCUT2D eigenvalue weighted by atomic mass is 16.3. The Bertz CT molecular complexity index is 1290. The summed E-state index contributed by atoms with van der Waals surface area (Å²) in [5.41, 5.74) is 7.12. The van der Waals surface area contributed by atoms with Crippen LogP contribution in [0.15, 0.2) is 83.4 Å². The molecule has 0 atom stereocenters. The minimum absolute atomic E-state index is 0.695. The Morgan fingerprint density at radius 3 is 2.44 bits per heavy atom. The second kappa shape index (κ2) is 6.06. The van der Waals surface area contributed by atoms with Crippen molar-refractivity contribution in [2.24, 2.45) is 7.05 Å². The number of aryl methyl sites for hydroxylation is 2. The molecule has 3 aromatic heterocycles. The molecule has 0 amide bonds. The van der Waals surface area contributed by atoms with Gasteiger partial charge in [-0.1, -0.05) is 42.5 Å². The van der Waals surface area contributed by atoms with E-state index in [0.717, 1.165) is 33.3 Å². The first-order valence-electron chi connectivity index (χ1n) is 9.05. The van der Waals surface area contributed by atoms with E-state index in [2.05, 4.69) is 83.5 Å². The maximum atomic E-state index is 6.16. The van der Waals surface area contributed by atoms with Gasteiger partial charge in [0, 0.05) is 28.1 Å². The minimum Gasteiger partial charge on any atom is -0.437 e. The first-order chi connectivity index (χ1) is 13.2. The highest BCUT2D eigenvalue weighted by Gasteiger charge is 2.18. The zero-order valence-electron chi connectivity index (χ0n) is 15.3. The van der Waals surface area contributed by atoms with Crippen LogP contribution >= 0.6 is 0 Å². The third-order valence-electron chi connectivity index (χ3n) is 5.02. The fourth-order valence-corrected chi connectivity index (χ4v) is 3.66. The molecular formula is C24H19N2O+. The fourth-order valence-electron chi connectivity index (χ4n) is 3.66. The van der Waals surface area contributed by atoms with E-state index in [1.165, 1.54) is 11.1 Å². The second-order valence-corrected chi connectivity index (χ2v) is 6.87. The Morgan fingerprint density at radius 1 is 0.778 bits per heavy atom. The first-order valence-corrected chi connectivity index (χ1v) is 9.05. The summed E-state index contributed by atoms with van der Waals surface area (Å²) in [7, 11) is 2.08. The fraction of sp³-hybridized carbons (Fsp3) is 0.0833. The molecule has 0 fully saturated rings. The largest absolute Gasteiger partial charge is 0.437 e. The minimum atomic E-state index is 0.695. The van der Waals surface area contributed by atoms with Crippen LogP contribution in [0.4, 0.5) is 0 Å². The van der Waals surface area contributed by atoms with Crippen molar-refractivity contribution in [3.05, 3.63) is 84.7 Å². The van der Waals surface area contributed by atoms with Crippen molar-refractivity contribution in [2.45, 2.75) is 6.92 Å². The zero-order valence-corrected chi connectivity index (χ0v) is 15.3. The van der Waals surface area contributed by atoms with Gasteiger partial charge in [0.05, 0.1) is 5.56 Å². The number of fused-ring (bicyclic) bond motifs is 3. The molecule has 3 nitrogen and oxygen atoms in total. The van der Waals surface area contributed by atoms with Gasteiger partial charge in [-0.15, -0.1) is 0 Å². The number of nitrogens with zero attached hydrogens (tertiary/aromatic N) is 2. The standard InChI is InChI=1S/C24H19N2O/c1-16-11-13-20-19-9-6-10-21(23(19)27-24(20)25-16)22-14-12-18(15-26(22)2)17-7-4-3-5-8-17/h3-15H,1-2H3/q+1. The summed E-state index contributed by atoms with van der Waals surface area (Å²) in [6, 6.07) is 25.1. The van der Waals surface area contributed by atoms with Gasteiger partial charge in [-0.3, -0.25) is 0 Å². The molecule has 130 valence electrons. The van der Waals surface area contributed by atoms with Crippen LogP contribution in [0.1, 0.15) is 5.69 Å². The molecule has 0 radical (unpaired) electrons. The number of furan rings is 1. The molecule has 0 bridgehead atoms. The van der Waals surface area contributed by atoms with Crippen molar-refractivity contribution >= 4 is 22.1 Å². The van der Waals surface area contributed by atoms with Crippen LogP contribution in [0, 0.1) is 6.92 Å². The van der Waals surface area contributed by atoms with E-state index in [-0.39, 0.29) is 0 Å². The summed E-state index contributed by atoms with van der Waals surface area (Å²) >= 11 is 0. The number of rotatable bonds is 2. The summed E-state index contributed by atoms with van der Waals surface area (Å²) < 4.78 is 8.32. The van der Waals surface area contributed by atoms with Crippen LogP contribution < -0.4 is 4.57 Å². The smallest absolute Gasteiger partial charge is 0.227 e. The molecule has 0 saturated carbocycles. The Hall–Kier alpha value is -3.46. The summed E-state index contributed by atoms with van der Waals surface area (Å²) in [6.45, 7) is 1.98. The van der Waals surface area contributed by atoms with Crippen LogP contribution in [-0.2, 0) is 7.05 Å². The number of benzene rings is 2. The molecule has 0 unspecified atom stereocenters. The third-order valence-corrected chi connectivity index (χ3v) is 5.02. The van der Waals surface area contributed by atoms with Gasteiger partial charge in [0.15, 0.2) is 11.8 Å². The predicted molar refractivity (Wildman–Crippen MR) is 108 cm³/mol. The number of hydrogen-bond donors (Lipinski definition) is 0. The molecule has 0 N–H and O–H groups in total. The maximum absolute atomic E-state index is 6.16. The Labute approximate surface area is 157 Å². The van der Waals surface area contributed by atoms with Crippen LogP contribution in [-0.4, -0.2) is 4.98 Å². The van der Waals surface area contributed by atoms with Gasteiger partial charge >= 0.3 is 0 Å². The van der Waals surface area contributed by atoms with E-state index < -0.39 is 0 Å². The van der Waals surface area contributed by atoms with E-state index in [4.69, 9.17) is 4.42 Å². The molecule has 0 aliphatic rings. The molecule has 0 saturated heterocycles. The molecule has 0 aliphatic heterocycles. The third kappa shape index (κ3) is 2.59. The van der Waals surface area contributed by atoms with Crippen molar-refractivity contribution in [1.82, 2.24) is 4.98 Å². The average molecular weight is 351 g/mol. The lowest BCUT2D eigenvalue weighted by atomic mass is 10.0. The lowest BCUT2D eigenvalue weighted by Crippen LogP contribution is -2.30. The number of hydrogen-bond acceptors (Lipinski definition) is 2. The monoisotopic (exact) mass is 351 g/mol. The van der Waals surface area contributed by atoms with Crippen molar-refractivity contribution in [1.29, 1.82) is 0 Å². The van der Waals surface area contributed by atoms with Crippen molar-refractivity contribution < 1.29 is 8.98 Å². The lowest BCUT2D eigenvalue weighted by molar-refractivity contribution is -0.659. The van der Waals surface area contributed by atoms with E-state index in [1.54, 1.807) is 0 Å². The van der Waals surface area contributed by atoms with Gasteiger partial charge in [-0.05, 0) is 36.8 Å². The van der Waals surface area contributed by atoms with Crippen LogP contribution in [0.25, 0.3) is 44.5 Å². The number of pyridine rings is 2. The molecule has 27 heavy (non-hydrogen) atoms. The highest BCUT2D eigenvalue weighted by molar-refractivity contribution is 6.08. The zero-order chi connectivity index (χ0) is 18.4. The molecule has 2 aromatic carbocycles. The Balaban J connectivity index is 1.70. The normalized spacial score (nSPS) is 11.3. The van der Waals surface area contributed by atoms with E-state index in [9.17, 15) is 0 Å². The van der Waals surface area contributed by atoms with Crippen molar-refractivity contribution in [2.75, 3.05) is 0 Å². The lowest BCUT2D eigenvalue weighted by Gasteiger charge is -2.04. The summed E-state index contributed by atoms with van der Waals surface area (Å²) in [4.78, 5) is 4.55. The van der Waals surface area contributed by atoms with Crippen LogP contribution in [0.5, 0.6) is 0 Å². The Kier molecular flexibility index (Phi) is 3.54. The Morgan fingerprint density at radius 2 is 1.63 bits per heavy atom. The van der Waals surface area contributed by atoms with E-state index in [1.807, 2.05) is 19.1 Å². The van der Waals surface area contributed by atoms with Gasteiger partial charge in [-0.25, -0.2) is 9.55 Å². The van der Waals surface area contributed by atoms with E-state index in [0.29, 0.717) is 5.71 Å². The van der Waals surface area contributed by atoms with Gasteiger partial charge in [-0.2, -0.15) is 0 Å². The maximum Gasteiger partial charge on any atom is 0.227 e. The summed E-state index contributed by atoms with van der Waals surface area (Å²) in [5, 5.41) is 2.16. The second-order valence-electron chi connectivity index (χ2n) is 6.87. The van der Waals surface area contributed by atoms with Gasteiger partial charge in [0.1, 0.15) is 7.05 Å². The van der Waals surface area contributed by atoms with Gasteiger partial charge < -0.3 is 4.42 Å². The highest BCUT2D eigenvalue weighted by Crippen LogP contribution is 2.34. The average Bonchev–Trinajstić information content (AvgIpc) is 3.06. The first kappa shape index (κ1) is 15.8. The van der Waals surface area contributed by atoms with Crippen LogP contribution in [0.3, 0.4) is 0 Å². The predicted octanol–water partition coefficient (Wildman–Crippen LogP) is 5.45. The van der Waals surface area contributed by atoms with Gasteiger partial charge in [0.2, 0.25) is 11.4 Å². The van der Waals surface area contributed by atoms with E-state index >= 15 is 0 Å². The van der Waals surface area contributed by atoms with Crippen molar-refractivity contribution in [3.63, 3.8) is 0 Å². The molecule has 5 aromatic rings. The number of aromatic nitrogens is 2. The quantitative estimate of drug-likeness (QED) is 0.396. The van der Waals surface area contributed by atoms with Crippen molar-refractivity contribution in [3.8, 4) is 22.4 Å². The molecule has 3 heterocycles. The molecule has 0 spiro atoms. The number of para-hydroxylation sites is 1. The molecule has 0 aliphatic carbocycles.